The monoisotopic (exact) mass is 781 g/mol. The number of hydrogen-bond acceptors (Lipinski definition) is 1. The summed E-state index contributed by atoms with van der Waals surface area (Å²) in [6, 6.07) is 78.8. The van der Waals surface area contributed by atoms with E-state index in [2.05, 4.69) is 245 Å². The molecule has 0 atom stereocenters. The van der Waals surface area contributed by atoms with Crippen LogP contribution in [0.2, 0.25) is 0 Å². The second-order valence-corrected chi connectivity index (χ2v) is 17.7. The molecule has 0 fully saturated rings. The molecule has 0 saturated heterocycles. The number of hydrogen-bond donors (Lipinski definition) is 0. The third kappa shape index (κ3) is 5.91. The lowest BCUT2D eigenvalue weighted by atomic mass is 9.81. The molecule has 0 aromatic heterocycles. The highest BCUT2D eigenvalue weighted by Crippen LogP contribution is 2.55. The standard InChI is InChI=1S/C60H47N/c1-59(2)52-28-16-14-25-48(52)50-35-32-44(37-54(50)59)46-34-31-43(40-19-8-5-9-20-40)38-57(46)61(45-33-36-51-49-26-15-17-29-53(49)60(3,4)55(51)39-45)56-30-18-27-47(41-21-10-6-11-22-41)58(56)42-23-12-7-13-24-42/h5-39H,1-4H3. The summed E-state index contributed by atoms with van der Waals surface area (Å²) in [5, 5.41) is 0. The van der Waals surface area contributed by atoms with Gasteiger partial charge in [-0.15, -0.1) is 0 Å². The largest absolute Gasteiger partial charge is 0.309 e. The molecule has 1 nitrogen and oxygen atoms in total. The maximum absolute atomic E-state index is 2.56. The van der Waals surface area contributed by atoms with Gasteiger partial charge < -0.3 is 4.90 Å². The summed E-state index contributed by atoms with van der Waals surface area (Å²) >= 11 is 0. The van der Waals surface area contributed by atoms with Gasteiger partial charge in [-0.1, -0.05) is 210 Å². The minimum atomic E-state index is -0.170. The Kier molecular flexibility index (Phi) is 8.58. The fraction of sp³-hybridized carbons (Fsp3) is 0.100. The molecule has 0 heterocycles. The zero-order valence-corrected chi connectivity index (χ0v) is 35.2. The van der Waals surface area contributed by atoms with Gasteiger partial charge in [-0.2, -0.15) is 0 Å². The van der Waals surface area contributed by atoms with E-state index in [-0.39, 0.29) is 10.8 Å². The Morgan fingerprint density at radius 3 is 1.39 bits per heavy atom. The van der Waals surface area contributed by atoms with Crippen molar-refractivity contribution in [2.24, 2.45) is 0 Å². The van der Waals surface area contributed by atoms with Crippen molar-refractivity contribution in [3.8, 4) is 66.8 Å². The second-order valence-electron chi connectivity index (χ2n) is 17.7. The lowest BCUT2D eigenvalue weighted by molar-refractivity contribution is 0.660. The first kappa shape index (κ1) is 36.8. The van der Waals surface area contributed by atoms with Crippen LogP contribution in [0.15, 0.2) is 212 Å². The Balaban J connectivity index is 1.22. The van der Waals surface area contributed by atoms with Crippen molar-refractivity contribution in [3.63, 3.8) is 0 Å². The molecule has 0 unspecified atom stereocenters. The van der Waals surface area contributed by atoms with Crippen LogP contribution in [0.25, 0.3) is 66.8 Å². The third-order valence-electron chi connectivity index (χ3n) is 13.5. The van der Waals surface area contributed by atoms with E-state index in [4.69, 9.17) is 0 Å². The Hall–Kier alpha value is -7.22. The summed E-state index contributed by atoms with van der Waals surface area (Å²) in [6.45, 7) is 9.50. The molecular formula is C60H47N. The molecule has 9 aromatic rings. The van der Waals surface area contributed by atoms with Gasteiger partial charge in [0.05, 0.1) is 11.4 Å². The van der Waals surface area contributed by atoms with Crippen LogP contribution in [0.5, 0.6) is 0 Å². The van der Waals surface area contributed by atoms with Crippen LogP contribution >= 0.6 is 0 Å². The third-order valence-corrected chi connectivity index (χ3v) is 13.5. The van der Waals surface area contributed by atoms with Crippen molar-refractivity contribution in [1.82, 2.24) is 0 Å². The SMILES string of the molecule is CC1(C)c2ccccc2-c2ccc(-c3ccc(-c4ccccc4)cc3N(c3ccc4c(c3)C(C)(C)c3ccccc3-4)c3cccc(-c4ccccc4)c3-c3ccccc3)cc21. The second kappa shape index (κ2) is 14.2. The molecule has 0 amide bonds. The fourth-order valence-corrected chi connectivity index (χ4v) is 10.4. The molecule has 0 saturated carbocycles. The Bertz CT molecular complexity index is 3120. The first-order valence-corrected chi connectivity index (χ1v) is 21.5. The first-order valence-electron chi connectivity index (χ1n) is 21.5. The van der Waals surface area contributed by atoms with E-state index in [1.165, 1.54) is 89.0 Å². The van der Waals surface area contributed by atoms with E-state index in [0.717, 1.165) is 17.1 Å². The van der Waals surface area contributed by atoms with Crippen molar-refractivity contribution < 1.29 is 0 Å². The van der Waals surface area contributed by atoms with Crippen LogP contribution in [-0.4, -0.2) is 0 Å². The molecule has 292 valence electrons. The first-order chi connectivity index (χ1) is 29.8. The number of rotatable bonds is 7. The van der Waals surface area contributed by atoms with E-state index in [1.807, 2.05) is 0 Å². The van der Waals surface area contributed by atoms with Gasteiger partial charge in [0.15, 0.2) is 0 Å². The van der Waals surface area contributed by atoms with Gasteiger partial charge in [0, 0.05) is 27.6 Å². The minimum Gasteiger partial charge on any atom is -0.309 e. The fourth-order valence-electron chi connectivity index (χ4n) is 10.4. The van der Waals surface area contributed by atoms with Gasteiger partial charge in [-0.3, -0.25) is 0 Å². The van der Waals surface area contributed by atoms with Gasteiger partial charge in [0.1, 0.15) is 0 Å². The van der Waals surface area contributed by atoms with Gasteiger partial charge in [-0.25, -0.2) is 0 Å². The average Bonchev–Trinajstić information content (AvgIpc) is 3.68. The molecule has 0 bridgehead atoms. The lowest BCUT2D eigenvalue weighted by Gasteiger charge is -2.33. The smallest absolute Gasteiger partial charge is 0.0546 e. The minimum absolute atomic E-state index is 0.128. The van der Waals surface area contributed by atoms with E-state index < -0.39 is 0 Å². The van der Waals surface area contributed by atoms with E-state index >= 15 is 0 Å². The summed E-state index contributed by atoms with van der Waals surface area (Å²) in [7, 11) is 0. The summed E-state index contributed by atoms with van der Waals surface area (Å²) in [5.41, 5.74) is 23.3. The molecule has 0 spiro atoms. The summed E-state index contributed by atoms with van der Waals surface area (Å²) in [4.78, 5) is 2.56. The Morgan fingerprint density at radius 2 is 0.754 bits per heavy atom. The molecule has 0 N–H and O–H groups in total. The number of fused-ring (bicyclic) bond motifs is 6. The summed E-state index contributed by atoms with van der Waals surface area (Å²) in [5.74, 6) is 0. The van der Waals surface area contributed by atoms with Gasteiger partial charge in [0.2, 0.25) is 0 Å². The highest BCUT2D eigenvalue weighted by Gasteiger charge is 2.37. The molecule has 2 aliphatic rings. The maximum Gasteiger partial charge on any atom is 0.0546 e. The molecule has 0 aliphatic heterocycles. The zero-order chi connectivity index (χ0) is 41.3. The quantitative estimate of drug-likeness (QED) is 0.156. The van der Waals surface area contributed by atoms with Crippen molar-refractivity contribution in [1.29, 1.82) is 0 Å². The predicted molar refractivity (Wildman–Crippen MR) is 258 cm³/mol. The van der Waals surface area contributed by atoms with Crippen LogP contribution < -0.4 is 4.90 Å². The van der Waals surface area contributed by atoms with Crippen molar-refractivity contribution in [3.05, 3.63) is 235 Å². The van der Waals surface area contributed by atoms with Crippen molar-refractivity contribution >= 4 is 17.1 Å². The van der Waals surface area contributed by atoms with Crippen LogP contribution in [0.1, 0.15) is 49.9 Å². The summed E-state index contributed by atoms with van der Waals surface area (Å²) in [6.07, 6.45) is 0. The molecule has 11 rings (SSSR count). The number of anilines is 3. The molecular weight excluding hydrogens is 735 g/mol. The maximum atomic E-state index is 2.56. The molecule has 0 radical (unpaired) electrons. The molecule has 1 heteroatoms. The lowest BCUT2D eigenvalue weighted by Crippen LogP contribution is -2.17. The van der Waals surface area contributed by atoms with Crippen LogP contribution in [0.4, 0.5) is 17.1 Å². The molecule has 9 aromatic carbocycles. The normalized spacial score (nSPS) is 13.8. The average molecular weight is 782 g/mol. The Morgan fingerprint density at radius 1 is 0.279 bits per heavy atom. The van der Waals surface area contributed by atoms with Gasteiger partial charge in [-0.05, 0) is 108 Å². The van der Waals surface area contributed by atoms with Crippen LogP contribution in [-0.2, 0) is 10.8 Å². The zero-order valence-electron chi connectivity index (χ0n) is 35.2. The van der Waals surface area contributed by atoms with Gasteiger partial charge >= 0.3 is 0 Å². The molecule has 2 aliphatic carbocycles. The molecule has 61 heavy (non-hydrogen) atoms. The highest BCUT2D eigenvalue weighted by molar-refractivity contribution is 6.01. The van der Waals surface area contributed by atoms with Crippen molar-refractivity contribution in [2.45, 2.75) is 38.5 Å². The van der Waals surface area contributed by atoms with E-state index in [1.54, 1.807) is 0 Å². The van der Waals surface area contributed by atoms with E-state index in [9.17, 15) is 0 Å². The highest BCUT2D eigenvalue weighted by atomic mass is 15.1. The van der Waals surface area contributed by atoms with Crippen molar-refractivity contribution in [2.75, 3.05) is 4.90 Å². The topological polar surface area (TPSA) is 3.24 Å². The summed E-state index contributed by atoms with van der Waals surface area (Å²) < 4.78 is 0. The van der Waals surface area contributed by atoms with E-state index in [0.29, 0.717) is 0 Å². The number of benzene rings is 9. The van der Waals surface area contributed by atoms with Gasteiger partial charge in [0.25, 0.3) is 0 Å². The Labute approximate surface area is 360 Å². The van der Waals surface area contributed by atoms with Crippen LogP contribution in [0, 0.1) is 0 Å². The van der Waals surface area contributed by atoms with Crippen LogP contribution in [0.3, 0.4) is 0 Å². The number of nitrogens with zero attached hydrogens (tertiary/aromatic N) is 1. The predicted octanol–water partition coefficient (Wildman–Crippen LogP) is 16.4.